The maximum Gasteiger partial charge on any atom is 0.391 e. The standard InChI is InChI=1S/C9H15F3S/c1-6-3-4-7(9(10,11)12)5-8(6)13-2/h6-8H,3-5H2,1-2H3. The lowest BCUT2D eigenvalue weighted by Crippen LogP contribution is -2.33. The molecule has 0 aromatic carbocycles. The third-order valence-corrected chi connectivity index (χ3v) is 4.15. The minimum absolute atomic E-state index is 0.195. The zero-order valence-electron chi connectivity index (χ0n) is 7.90. The molecule has 1 saturated carbocycles. The summed E-state index contributed by atoms with van der Waals surface area (Å²) in [5.74, 6) is -0.616. The SMILES string of the molecule is CSC1CC(C(F)(F)F)CCC1C. The highest BCUT2D eigenvalue weighted by Crippen LogP contribution is 2.42. The van der Waals surface area contributed by atoms with E-state index in [9.17, 15) is 13.2 Å². The Bertz CT molecular complexity index is 167. The summed E-state index contributed by atoms with van der Waals surface area (Å²) in [6.45, 7) is 2.05. The van der Waals surface area contributed by atoms with Gasteiger partial charge in [-0.15, -0.1) is 0 Å². The second kappa shape index (κ2) is 4.11. The van der Waals surface area contributed by atoms with Gasteiger partial charge in [0.25, 0.3) is 0 Å². The summed E-state index contributed by atoms with van der Waals surface area (Å²) in [4.78, 5) is 0. The summed E-state index contributed by atoms with van der Waals surface area (Å²) >= 11 is 1.57. The van der Waals surface area contributed by atoms with E-state index in [1.54, 1.807) is 11.8 Å². The fourth-order valence-electron chi connectivity index (χ4n) is 1.91. The lowest BCUT2D eigenvalue weighted by molar-refractivity contribution is -0.182. The van der Waals surface area contributed by atoms with E-state index in [0.29, 0.717) is 18.8 Å². The summed E-state index contributed by atoms with van der Waals surface area (Å²) in [5.41, 5.74) is 0. The maximum atomic E-state index is 12.4. The zero-order chi connectivity index (χ0) is 10.1. The molecule has 0 nitrogen and oxygen atoms in total. The summed E-state index contributed by atoms with van der Waals surface area (Å²) in [6, 6.07) is 0. The first kappa shape index (κ1) is 11.2. The van der Waals surface area contributed by atoms with Crippen LogP contribution >= 0.6 is 11.8 Å². The molecule has 3 atom stereocenters. The summed E-state index contributed by atoms with van der Waals surface area (Å²) < 4.78 is 37.1. The highest BCUT2D eigenvalue weighted by atomic mass is 32.2. The van der Waals surface area contributed by atoms with Crippen molar-refractivity contribution in [1.82, 2.24) is 0 Å². The fraction of sp³-hybridized carbons (Fsp3) is 1.00. The molecule has 0 radical (unpaired) electrons. The molecule has 0 spiro atoms. The smallest absolute Gasteiger partial charge is 0.171 e. The lowest BCUT2D eigenvalue weighted by atomic mass is 9.82. The number of halogens is 3. The Labute approximate surface area is 81.3 Å². The first-order valence-electron chi connectivity index (χ1n) is 4.54. The van der Waals surface area contributed by atoms with Gasteiger partial charge in [0.1, 0.15) is 0 Å². The molecule has 0 bridgehead atoms. The largest absolute Gasteiger partial charge is 0.391 e. The van der Waals surface area contributed by atoms with Crippen LogP contribution in [0.3, 0.4) is 0 Å². The van der Waals surface area contributed by atoms with Gasteiger partial charge in [-0.2, -0.15) is 24.9 Å². The van der Waals surface area contributed by atoms with Crippen molar-refractivity contribution in [1.29, 1.82) is 0 Å². The molecule has 0 aliphatic heterocycles. The van der Waals surface area contributed by atoms with Gasteiger partial charge in [-0.05, 0) is 31.4 Å². The predicted molar refractivity (Wildman–Crippen MR) is 49.9 cm³/mol. The van der Waals surface area contributed by atoms with Gasteiger partial charge in [0, 0.05) is 5.25 Å². The van der Waals surface area contributed by atoms with Crippen LogP contribution in [0.2, 0.25) is 0 Å². The Kier molecular flexibility index (Phi) is 3.55. The molecule has 1 aliphatic carbocycles. The number of hydrogen-bond acceptors (Lipinski definition) is 1. The normalized spacial score (nSPS) is 36.2. The number of rotatable bonds is 1. The first-order valence-corrected chi connectivity index (χ1v) is 5.83. The molecule has 0 amide bonds. The molecule has 1 rings (SSSR count). The third kappa shape index (κ3) is 2.79. The van der Waals surface area contributed by atoms with Crippen LogP contribution in [0.5, 0.6) is 0 Å². The molecule has 78 valence electrons. The number of alkyl halides is 3. The van der Waals surface area contributed by atoms with E-state index in [2.05, 4.69) is 0 Å². The molecular formula is C9H15F3S. The molecule has 4 heteroatoms. The van der Waals surface area contributed by atoms with E-state index in [4.69, 9.17) is 0 Å². The van der Waals surface area contributed by atoms with Gasteiger partial charge in [-0.3, -0.25) is 0 Å². The highest BCUT2D eigenvalue weighted by molar-refractivity contribution is 7.99. The van der Waals surface area contributed by atoms with Gasteiger partial charge >= 0.3 is 6.18 Å². The lowest BCUT2D eigenvalue weighted by Gasteiger charge is -2.34. The van der Waals surface area contributed by atoms with E-state index in [-0.39, 0.29) is 5.25 Å². The van der Waals surface area contributed by atoms with Crippen molar-refractivity contribution < 1.29 is 13.2 Å². The average molecular weight is 212 g/mol. The maximum absolute atomic E-state index is 12.4. The molecule has 0 aromatic rings. The molecule has 0 heterocycles. The summed E-state index contributed by atoms with van der Waals surface area (Å²) in [6.07, 6.45) is -0.725. The number of hydrogen-bond donors (Lipinski definition) is 0. The van der Waals surface area contributed by atoms with Gasteiger partial charge in [0.15, 0.2) is 0 Å². The Balaban J connectivity index is 2.55. The van der Waals surface area contributed by atoms with Crippen LogP contribution in [-0.4, -0.2) is 17.7 Å². The zero-order valence-corrected chi connectivity index (χ0v) is 8.71. The molecular weight excluding hydrogens is 197 g/mol. The molecule has 0 aromatic heterocycles. The molecule has 1 fully saturated rings. The first-order chi connectivity index (χ1) is 5.95. The van der Waals surface area contributed by atoms with Crippen LogP contribution in [0.15, 0.2) is 0 Å². The van der Waals surface area contributed by atoms with Crippen LogP contribution in [-0.2, 0) is 0 Å². The quantitative estimate of drug-likeness (QED) is 0.638. The van der Waals surface area contributed by atoms with Gasteiger partial charge in [-0.25, -0.2) is 0 Å². The Morgan fingerprint density at radius 3 is 2.31 bits per heavy atom. The van der Waals surface area contributed by atoms with Gasteiger partial charge in [0.2, 0.25) is 0 Å². The fourth-order valence-corrected chi connectivity index (χ4v) is 2.93. The summed E-state index contributed by atoms with van der Waals surface area (Å²) in [7, 11) is 0. The van der Waals surface area contributed by atoms with Crippen molar-refractivity contribution in [3.63, 3.8) is 0 Å². The van der Waals surface area contributed by atoms with E-state index in [1.807, 2.05) is 13.2 Å². The minimum Gasteiger partial charge on any atom is -0.171 e. The van der Waals surface area contributed by atoms with Crippen LogP contribution in [0.4, 0.5) is 13.2 Å². The third-order valence-electron chi connectivity index (χ3n) is 2.89. The van der Waals surface area contributed by atoms with Gasteiger partial charge in [-0.1, -0.05) is 6.92 Å². The Morgan fingerprint density at radius 1 is 1.23 bits per heavy atom. The van der Waals surface area contributed by atoms with E-state index >= 15 is 0 Å². The van der Waals surface area contributed by atoms with Gasteiger partial charge < -0.3 is 0 Å². The minimum atomic E-state index is -3.98. The molecule has 13 heavy (non-hydrogen) atoms. The van der Waals surface area contributed by atoms with Crippen LogP contribution in [0, 0.1) is 11.8 Å². The second-order valence-corrected chi connectivity index (χ2v) is 4.88. The van der Waals surface area contributed by atoms with E-state index in [1.165, 1.54) is 0 Å². The van der Waals surface area contributed by atoms with Crippen LogP contribution < -0.4 is 0 Å². The van der Waals surface area contributed by atoms with Crippen molar-refractivity contribution >= 4 is 11.8 Å². The summed E-state index contributed by atoms with van der Waals surface area (Å²) in [5, 5.41) is 0.195. The second-order valence-electron chi connectivity index (χ2n) is 3.80. The van der Waals surface area contributed by atoms with Crippen molar-refractivity contribution in [2.45, 2.75) is 37.6 Å². The van der Waals surface area contributed by atoms with E-state index in [0.717, 1.165) is 6.42 Å². The van der Waals surface area contributed by atoms with Crippen LogP contribution in [0.25, 0.3) is 0 Å². The highest BCUT2D eigenvalue weighted by Gasteiger charge is 2.43. The molecule has 3 unspecified atom stereocenters. The predicted octanol–water partition coefficient (Wildman–Crippen LogP) is 3.72. The van der Waals surface area contributed by atoms with E-state index < -0.39 is 12.1 Å². The topological polar surface area (TPSA) is 0 Å². The van der Waals surface area contributed by atoms with Crippen molar-refractivity contribution in [2.24, 2.45) is 11.8 Å². The molecule has 0 N–H and O–H groups in total. The average Bonchev–Trinajstić information content (AvgIpc) is 2.03. The molecule has 1 aliphatic rings. The van der Waals surface area contributed by atoms with Crippen molar-refractivity contribution in [3.8, 4) is 0 Å². The monoisotopic (exact) mass is 212 g/mol. The van der Waals surface area contributed by atoms with Crippen LogP contribution in [0.1, 0.15) is 26.2 Å². The van der Waals surface area contributed by atoms with Crippen molar-refractivity contribution in [2.75, 3.05) is 6.26 Å². The number of thioether (sulfide) groups is 1. The van der Waals surface area contributed by atoms with Gasteiger partial charge in [0.05, 0.1) is 5.92 Å². The van der Waals surface area contributed by atoms with Crippen molar-refractivity contribution in [3.05, 3.63) is 0 Å². The molecule has 0 saturated heterocycles. The Hall–Kier alpha value is 0.140. The Morgan fingerprint density at radius 2 is 1.85 bits per heavy atom.